The monoisotopic (exact) mass is 889 g/mol. The zero-order chi connectivity index (χ0) is 46.0. The molecule has 14 heteroatoms. The number of aryl methyl sites for hydroxylation is 1. The number of carbonyl (C=O) groups excluding carboxylic acids is 1. The number of phenols is 1. The summed E-state index contributed by atoms with van der Waals surface area (Å²) in [5.74, 6) is 0.171. The molecular formula is C49H80N2O12. The van der Waals surface area contributed by atoms with E-state index in [1.807, 2.05) is 56.3 Å². The van der Waals surface area contributed by atoms with Crippen molar-refractivity contribution >= 4 is 22.6 Å². The van der Waals surface area contributed by atoms with Crippen LogP contribution in [0.3, 0.4) is 0 Å². The molecule has 2 aromatic carbocycles. The molecule has 0 saturated carbocycles. The molecule has 0 bridgehead atoms. The van der Waals surface area contributed by atoms with E-state index in [9.17, 15) is 14.7 Å². The Morgan fingerprint density at radius 1 is 0.619 bits per heavy atom. The SMILES string of the molecule is CC/C=C(/NCCOCCOCCOCCOCCOCCOCCOCCOCCC(=O)NCCc1ccc(O)cc1)c1cc2ccc(C)cc2oc1=O.CCC.CCCCC. The molecule has 0 aliphatic carbocycles. The first kappa shape index (κ1) is 57.2. The van der Waals surface area contributed by atoms with Crippen molar-refractivity contribution in [1.29, 1.82) is 0 Å². The number of carbonyl (C=O) groups is 1. The minimum atomic E-state index is -0.364. The number of amides is 1. The fourth-order valence-electron chi connectivity index (χ4n) is 5.40. The van der Waals surface area contributed by atoms with Gasteiger partial charge in [-0.05, 0) is 55.2 Å². The lowest BCUT2D eigenvalue weighted by Crippen LogP contribution is -2.26. The Balaban J connectivity index is 0.00000228. The number of unbranched alkanes of at least 4 members (excludes halogenated alkanes) is 2. The first-order chi connectivity index (χ1) is 30.8. The summed E-state index contributed by atoms with van der Waals surface area (Å²) in [5, 5.41) is 16.3. The highest BCUT2D eigenvalue weighted by molar-refractivity contribution is 5.81. The summed E-state index contributed by atoms with van der Waals surface area (Å²) in [6, 6.07) is 14.6. The van der Waals surface area contributed by atoms with Gasteiger partial charge < -0.3 is 58.1 Å². The molecule has 0 aliphatic heterocycles. The lowest BCUT2D eigenvalue weighted by atomic mass is 10.1. The van der Waals surface area contributed by atoms with E-state index in [-0.39, 0.29) is 17.3 Å². The van der Waals surface area contributed by atoms with Crippen molar-refractivity contribution < 1.29 is 52.2 Å². The summed E-state index contributed by atoms with van der Waals surface area (Å²) in [7, 11) is 0. The van der Waals surface area contributed by atoms with Gasteiger partial charge in [0, 0.05) is 30.6 Å². The van der Waals surface area contributed by atoms with Crippen LogP contribution < -0.4 is 16.3 Å². The van der Waals surface area contributed by atoms with Gasteiger partial charge in [0.25, 0.3) is 0 Å². The third-order valence-electron chi connectivity index (χ3n) is 8.61. The number of fused-ring (bicyclic) bond motifs is 1. The Morgan fingerprint density at radius 2 is 1.10 bits per heavy atom. The van der Waals surface area contributed by atoms with Crippen LogP contribution in [0.4, 0.5) is 0 Å². The van der Waals surface area contributed by atoms with E-state index in [4.69, 9.17) is 42.3 Å². The summed E-state index contributed by atoms with van der Waals surface area (Å²) in [6.07, 6.45) is 9.08. The predicted octanol–water partition coefficient (Wildman–Crippen LogP) is 7.64. The van der Waals surface area contributed by atoms with Gasteiger partial charge in [0.2, 0.25) is 5.91 Å². The molecule has 3 rings (SSSR count). The molecule has 3 N–H and O–H groups in total. The maximum atomic E-state index is 12.6. The lowest BCUT2D eigenvalue weighted by Gasteiger charge is -2.12. The van der Waals surface area contributed by atoms with Gasteiger partial charge in [-0.2, -0.15) is 0 Å². The van der Waals surface area contributed by atoms with Crippen molar-refractivity contribution in [3.8, 4) is 5.75 Å². The van der Waals surface area contributed by atoms with Crippen LogP contribution in [0, 0.1) is 6.92 Å². The number of aromatic hydroxyl groups is 1. The molecule has 63 heavy (non-hydrogen) atoms. The Hall–Kier alpha value is -3.86. The first-order valence-electron chi connectivity index (χ1n) is 22.9. The molecule has 1 aromatic heterocycles. The lowest BCUT2D eigenvalue weighted by molar-refractivity contribution is -0.122. The van der Waals surface area contributed by atoms with E-state index < -0.39 is 0 Å². The predicted molar refractivity (Wildman–Crippen MR) is 251 cm³/mol. The van der Waals surface area contributed by atoms with Crippen molar-refractivity contribution in [3.63, 3.8) is 0 Å². The molecule has 1 amide bonds. The molecular weight excluding hydrogens is 809 g/mol. The van der Waals surface area contributed by atoms with Crippen LogP contribution in [0.15, 0.2) is 63.8 Å². The van der Waals surface area contributed by atoms with Crippen molar-refractivity contribution in [2.24, 2.45) is 0 Å². The highest BCUT2D eigenvalue weighted by Gasteiger charge is 2.10. The molecule has 0 spiro atoms. The maximum Gasteiger partial charge on any atom is 0.345 e. The Morgan fingerprint density at radius 3 is 1.56 bits per heavy atom. The molecule has 0 fully saturated rings. The van der Waals surface area contributed by atoms with Crippen molar-refractivity contribution in [1.82, 2.24) is 10.6 Å². The van der Waals surface area contributed by atoms with E-state index in [1.165, 1.54) is 25.7 Å². The average Bonchev–Trinajstić information content (AvgIpc) is 3.27. The zero-order valence-corrected chi connectivity index (χ0v) is 39.3. The fraction of sp³-hybridized carbons (Fsp3) is 0.633. The fourth-order valence-corrected chi connectivity index (χ4v) is 5.40. The average molecular weight is 889 g/mol. The smallest absolute Gasteiger partial charge is 0.345 e. The highest BCUT2D eigenvalue weighted by Crippen LogP contribution is 2.18. The quantitative estimate of drug-likeness (QED) is 0.0390. The molecule has 14 nitrogen and oxygen atoms in total. The van der Waals surface area contributed by atoms with Crippen LogP contribution in [-0.2, 0) is 49.1 Å². The van der Waals surface area contributed by atoms with E-state index in [0.717, 1.165) is 28.6 Å². The third-order valence-corrected chi connectivity index (χ3v) is 8.61. The normalized spacial score (nSPS) is 11.2. The van der Waals surface area contributed by atoms with Crippen molar-refractivity contribution in [3.05, 3.63) is 81.7 Å². The van der Waals surface area contributed by atoms with Crippen LogP contribution in [-0.4, -0.2) is 130 Å². The van der Waals surface area contributed by atoms with Gasteiger partial charge in [0.1, 0.15) is 11.3 Å². The van der Waals surface area contributed by atoms with Crippen LogP contribution in [0.2, 0.25) is 0 Å². The van der Waals surface area contributed by atoms with Gasteiger partial charge >= 0.3 is 5.63 Å². The molecule has 0 unspecified atom stereocenters. The second-order valence-corrected chi connectivity index (χ2v) is 14.4. The van der Waals surface area contributed by atoms with Crippen molar-refractivity contribution in [2.75, 3.05) is 119 Å². The summed E-state index contributed by atoms with van der Waals surface area (Å²) in [4.78, 5) is 24.5. The Bertz CT molecular complexity index is 1610. The standard InChI is InChI=1S/C41H60N2O12.C5H12.C3H8/c1-3-4-38(37-32-35-8-5-33(2)31-39(35)55-41(37)46)42-14-16-48-18-20-50-22-24-52-26-28-54-30-29-53-27-25-51-23-21-49-19-17-47-15-12-40(45)43-13-11-34-6-9-36(44)10-7-34;1-3-5-4-2;1-3-2/h4-10,31-32,42,44H,3,11-30H2,1-2H3,(H,43,45);3-5H2,1-2H3;3H2,1-2H3/b38-4+;;. The van der Waals surface area contributed by atoms with Crippen LogP contribution >= 0.6 is 0 Å². The van der Waals surface area contributed by atoms with Crippen molar-refractivity contribution in [2.45, 2.75) is 86.5 Å². The number of hydrogen-bond acceptors (Lipinski definition) is 13. The number of hydrogen-bond donors (Lipinski definition) is 3. The summed E-state index contributed by atoms with van der Waals surface area (Å²) < 4.78 is 49.7. The van der Waals surface area contributed by atoms with E-state index in [0.29, 0.717) is 143 Å². The molecule has 0 saturated heterocycles. The van der Waals surface area contributed by atoms with Crippen LogP contribution in [0.5, 0.6) is 5.75 Å². The van der Waals surface area contributed by atoms with Gasteiger partial charge in [0.05, 0.1) is 111 Å². The topological polar surface area (TPSA) is 165 Å². The van der Waals surface area contributed by atoms with E-state index in [2.05, 4.69) is 38.3 Å². The Kier molecular flexibility index (Phi) is 37.1. The van der Waals surface area contributed by atoms with Gasteiger partial charge in [-0.15, -0.1) is 0 Å². The minimum Gasteiger partial charge on any atom is -0.508 e. The molecule has 0 radical (unpaired) electrons. The van der Waals surface area contributed by atoms with Gasteiger partial charge in [0.15, 0.2) is 0 Å². The number of ether oxygens (including phenoxy) is 8. The zero-order valence-electron chi connectivity index (χ0n) is 39.3. The number of phenolic OH excluding ortho intramolecular Hbond substituents is 1. The van der Waals surface area contributed by atoms with Crippen LogP contribution in [0.1, 0.15) is 89.8 Å². The van der Waals surface area contributed by atoms with E-state index >= 15 is 0 Å². The number of allylic oxidation sites excluding steroid dienone is 1. The molecule has 1 heterocycles. The summed E-state index contributed by atoms with van der Waals surface area (Å²) >= 11 is 0. The third kappa shape index (κ3) is 31.6. The minimum absolute atomic E-state index is 0.0587. The molecule has 0 aliphatic rings. The number of nitrogens with one attached hydrogen (secondary N) is 2. The molecule has 358 valence electrons. The molecule has 3 aromatic rings. The first-order valence-corrected chi connectivity index (χ1v) is 22.9. The summed E-state index contributed by atoms with van der Waals surface area (Å²) in [6.45, 7) is 21.0. The second-order valence-electron chi connectivity index (χ2n) is 14.4. The number of rotatable bonds is 35. The van der Waals surface area contributed by atoms with Gasteiger partial charge in [-0.1, -0.05) is 90.6 Å². The molecule has 0 atom stereocenters. The second kappa shape index (κ2) is 40.9. The number of benzene rings is 2. The highest BCUT2D eigenvalue weighted by atomic mass is 16.6. The van der Waals surface area contributed by atoms with Crippen LogP contribution in [0.25, 0.3) is 16.7 Å². The van der Waals surface area contributed by atoms with E-state index in [1.54, 1.807) is 12.1 Å². The summed E-state index contributed by atoms with van der Waals surface area (Å²) in [5.41, 5.74) is 3.57. The largest absolute Gasteiger partial charge is 0.508 e. The Labute approximate surface area is 377 Å². The van der Waals surface area contributed by atoms with Gasteiger partial charge in [-0.25, -0.2) is 4.79 Å². The maximum absolute atomic E-state index is 12.6. The van der Waals surface area contributed by atoms with Gasteiger partial charge in [-0.3, -0.25) is 4.79 Å².